The zero-order valence-electron chi connectivity index (χ0n) is 14.1. The van der Waals surface area contributed by atoms with Crippen molar-refractivity contribution in [3.05, 3.63) is 35.7 Å². The minimum Gasteiger partial charge on any atom is -0.467 e. The van der Waals surface area contributed by atoms with Gasteiger partial charge in [0.25, 0.3) is 0 Å². The molecule has 1 aromatic carbocycles. The molecule has 138 valence electrons. The number of aryl methyl sites for hydroxylation is 1. The molecule has 0 saturated heterocycles. The molecule has 1 aromatic heterocycles. The molecule has 0 aliphatic carbocycles. The van der Waals surface area contributed by atoms with Gasteiger partial charge in [-0.2, -0.15) is 23.4 Å². The zero-order valence-corrected chi connectivity index (χ0v) is 14.9. The lowest BCUT2D eigenvalue weighted by molar-refractivity contribution is 0.101. The van der Waals surface area contributed by atoms with E-state index < -0.39 is 16.2 Å². The van der Waals surface area contributed by atoms with E-state index in [9.17, 15) is 18.0 Å². The van der Waals surface area contributed by atoms with Gasteiger partial charge in [0.05, 0.1) is 12.8 Å². The number of para-hydroxylation sites is 1. The number of ether oxygens (including phenoxy) is 1. The van der Waals surface area contributed by atoms with Crippen LogP contribution in [-0.2, 0) is 10.2 Å². The molecule has 0 spiro atoms. The van der Waals surface area contributed by atoms with Crippen molar-refractivity contribution in [1.29, 1.82) is 0 Å². The Kier molecular flexibility index (Phi) is 5.67. The number of carbonyl (C=O) groups excluding carboxylic acids is 2. The maximum atomic E-state index is 12.1. The number of nitrogens with zero attached hydrogens (tertiary/aromatic N) is 3. The summed E-state index contributed by atoms with van der Waals surface area (Å²) in [6.07, 6.45) is 0. The highest BCUT2D eigenvalue weighted by Gasteiger charge is 2.18. The van der Waals surface area contributed by atoms with Crippen LogP contribution in [0.1, 0.15) is 23.1 Å². The molecule has 2 rings (SSSR count). The average molecular weight is 380 g/mol. The van der Waals surface area contributed by atoms with Gasteiger partial charge >= 0.3 is 22.3 Å². The Morgan fingerprint density at radius 2 is 1.81 bits per heavy atom. The lowest BCUT2D eigenvalue weighted by Crippen LogP contribution is -2.38. The second-order valence-electron chi connectivity index (χ2n) is 4.96. The van der Waals surface area contributed by atoms with Gasteiger partial charge in [-0.25, -0.2) is 9.52 Å². The number of methoxy groups -OCH3 is 1. The molecule has 0 aliphatic rings. The summed E-state index contributed by atoms with van der Waals surface area (Å²) in [5.41, 5.74) is 0.203. The smallest absolute Gasteiger partial charge is 0.336 e. The quantitative estimate of drug-likeness (QED) is 0.624. The molecule has 0 unspecified atom stereocenters. The molecule has 12 heteroatoms. The van der Waals surface area contributed by atoms with E-state index in [1.54, 1.807) is 23.8 Å². The summed E-state index contributed by atoms with van der Waals surface area (Å²) >= 11 is 0. The van der Waals surface area contributed by atoms with Gasteiger partial charge in [-0.05, 0) is 26.0 Å². The van der Waals surface area contributed by atoms with Crippen LogP contribution in [0.3, 0.4) is 0 Å². The van der Waals surface area contributed by atoms with Crippen molar-refractivity contribution in [2.45, 2.75) is 13.8 Å². The zero-order chi connectivity index (χ0) is 19.3. The Balaban J connectivity index is 2.11. The van der Waals surface area contributed by atoms with Crippen molar-refractivity contribution in [2.75, 3.05) is 17.1 Å². The molecule has 3 N–H and O–H groups in total. The largest absolute Gasteiger partial charge is 0.467 e. The van der Waals surface area contributed by atoms with Crippen molar-refractivity contribution in [3.63, 3.8) is 0 Å². The van der Waals surface area contributed by atoms with Gasteiger partial charge in [0, 0.05) is 5.56 Å². The molecule has 2 amide bonds. The third-order valence-electron chi connectivity index (χ3n) is 2.91. The van der Waals surface area contributed by atoms with Crippen LogP contribution in [0.25, 0.3) is 0 Å². The second kappa shape index (κ2) is 7.74. The van der Waals surface area contributed by atoms with Gasteiger partial charge in [0.15, 0.2) is 5.78 Å². The normalized spacial score (nSPS) is 10.7. The van der Waals surface area contributed by atoms with Crippen LogP contribution in [-0.4, -0.2) is 42.3 Å². The molecule has 0 bridgehead atoms. The molecule has 1 heterocycles. The van der Waals surface area contributed by atoms with E-state index in [1.807, 2.05) is 0 Å². The van der Waals surface area contributed by atoms with Gasteiger partial charge in [-0.3, -0.25) is 14.8 Å². The first kappa shape index (κ1) is 19.1. The summed E-state index contributed by atoms with van der Waals surface area (Å²) < 4.78 is 32.9. The Hall–Kier alpha value is -3.28. The number of rotatable bonds is 6. The van der Waals surface area contributed by atoms with E-state index in [0.717, 1.165) is 0 Å². The van der Waals surface area contributed by atoms with Crippen molar-refractivity contribution in [3.8, 4) is 6.01 Å². The highest BCUT2D eigenvalue weighted by atomic mass is 32.2. The third kappa shape index (κ3) is 5.11. The fourth-order valence-electron chi connectivity index (χ4n) is 1.90. The van der Waals surface area contributed by atoms with E-state index in [4.69, 9.17) is 4.74 Å². The topological polar surface area (TPSA) is 152 Å². The van der Waals surface area contributed by atoms with E-state index in [2.05, 4.69) is 25.0 Å². The van der Waals surface area contributed by atoms with Crippen molar-refractivity contribution < 1.29 is 22.7 Å². The Morgan fingerprint density at radius 1 is 1.12 bits per heavy atom. The molecule has 0 fully saturated rings. The molecular formula is C14H16N6O5S. The summed E-state index contributed by atoms with van der Waals surface area (Å²) in [5.74, 6) is -0.254. The van der Waals surface area contributed by atoms with Crippen LogP contribution in [0.4, 0.5) is 16.4 Å². The summed E-state index contributed by atoms with van der Waals surface area (Å²) in [4.78, 5) is 34.9. The summed E-state index contributed by atoms with van der Waals surface area (Å²) in [6, 6.07) is 4.85. The number of amides is 2. The standard InChI is InChI=1S/C14H16N6O5S/c1-8(21)10-6-4-5-7-11(10)19-26(23,24)20-13(22)17-12-15-9(2)16-14(18-12)25-3/h4-7,19H,1-3H3,(H2,15,16,17,18,20,22). The number of hydrogen-bond donors (Lipinski definition) is 3. The van der Waals surface area contributed by atoms with E-state index in [-0.39, 0.29) is 34.8 Å². The van der Waals surface area contributed by atoms with Crippen LogP contribution in [0.2, 0.25) is 0 Å². The minimum absolute atomic E-state index is 0.0378. The molecular weight excluding hydrogens is 364 g/mol. The van der Waals surface area contributed by atoms with E-state index in [0.29, 0.717) is 0 Å². The Morgan fingerprint density at radius 3 is 2.46 bits per heavy atom. The van der Waals surface area contributed by atoms with Crippen LogP contribution >= 0.6 is 0 Å². The monoisotopic (exact) mass is 380 g/mol. The molecule has 0 aliphatic heterocycles. The first-order valence-corrected chi connectivity index (χ1v) is 8.66. The first-order chi connectivity index (χ1) is 12.2. The van der Waals surface area contributed by atoms with Gasteiger partial charge < -0.3 is 4.74 Å². The summed E-state index contributed by atoms with van der Waals surface area (Å²) in [6.45, 7) is 2.84. The van der Waals surface area contributed by atoms with Crippen LogP contribution in [0, 0.1) is 6.92 Å². The molecule has 11 nitrogen and oxygen atoms in total. The fourth-order valence-corrected chi connectivity index (χ4v) is 2.72. The molecule has 0 radical (unpaired) electrons. The number of benzene rings is 1. The van der Waals surface area contributed by atoms with Crippen molar-refractivity contribution in [1.82, 2.24) is 19.7 Å². The van der Waals surface area contributed by atoms with Gasteiger partial charge in [0.1, 0.15) is 5.82 Å². The maximum Gasteiger partial charge on any atom is 0.336 e. The Bertz CT molecular complexity index is 947. The number of ketones is 1. The molecule has 0 saturated carbocycles. The maximum absolute atomic E-state index is 12.1. The molecule has 0 atom stereocenters. The molecule has 26 heavy (non-hydrogen) atoms. The van der Waals surface area contributed by atoms with Crippen LogP contribution in [0.15, 0.2) is 24.3 Å². The minimum atomic E-state index is -4.30. The SMILES string of the molecule is COc1nc(C)nc(NC(=O)NS(=O)(=O)Nc2ccccc2C(C)=O)n1. The molecule has 2 aromatic rings. The number of aromatic nitrogens is 3. The highest BCUT2D eigenvalue weighted by Crippen LogP contribution is 2.16. The van der Waals surface area contributed by atoms with Crippen molar-refractivity contribution >= 4 is 33.7 Å². The van der Waals surface area contributed by atoms with Gasteiger partial charge in [-0.15, -0.1) is 0 Å². The van der Waals surface area contributed by atoms with E-state index >= 15 is 0 Å². The second-order valence-corrected chi connectivity index (χ2v) is 6.37. The van der Waals surface area contributed by atoms with Gasteiger partial charge in [0.2, 0.25) is 5.95 Å². The lowest BCUT2D eigenvalue weighted by Gasteiger charge is -2.12. The van der Waals surface area contributed by atoms with E-state index in [1.165, 1.54) is 26.2 Å². The summed E-state index contributed by atoms with van der Waals surface area (Å²) in [5, 5.41) is 2.16. The number of hydrogen-bond acceptors (Lipinski definition) is 8. The Labute approximate surface area is 149 Å². The number of carbonyl (C=O) groups is 2. The summed E-state index contributed by atoms with van der Waals surface area (Å²) in [7, 11) is -2.97. The number of anilines is 2. The fraction of sp³-hybridized carbons (Fsp3) is 0.214. The predicted octanol–water partition coefficient (Wildman–Crippen LogP) is 0.870. The lowest BCUT2D eigenvalue weighted by atomic mass is 10.1. The number of Topliss-reactive ketones (excluding diaryl/α,β-unsaturated/α-hetero) is 1. The van der Waals surface area contributed by atoms with Crippen molar-refractivity contribution in [2.24, 2.45) is 0 Å². The highest BCUT2D eigenvalue weighted by molar-refractivity contribution is 7.91. The van der Waals surface area contributed by atoms with Crippen LogP contribution in [0.5, 0.6) is 6.01 Å². The first-order valence-electron chi connectivity index (χ1n) is 7.18. The predicted molar refractivity (Wildman–Crippen MR) is 92.3 cm³/mol. The average Bonchev–Trinajstić information content (AvgIpc) is 2.53. The van der Waals surface area contributed by atoms with Gasteiger partial charge in [-0.1, -0.05) is 12.1 Å². The third-order valence-corrected chi connectivity index (χ3v) is 3.86. The number of urea groups is 1. The van der Waals surface area contributed by atoms with Crippen LogP contribution < -0.4 is 19.5 Å². The number of nitrogens with one attached hydrogen (secondary N) is 3.